The average molecular weight is 370 g/mol. The molecule has 0 aliphatic heterocycles. The maximum absolute atomic E-state index is 8.82. The van der Waals surface area contributed by atoms with Crippen molar-refractivity contribution in [3.63, 3.8) is 0 Å². The molecule has 4 rings (SSSR count). The molecule has 0 fully saturated rings. The van der Waals surface area contributed by atoms with Crippen LogP contribution in [0, 0.1) is 11.3 Å². The molecular weight excluding hydrogens is 354 g/mol. The number of anilines is 2. The van der Waals surface area contributed by atoms with E-state index in [-0.39, 0.29) is 0 Å². The van der Waals surface area contributed by atoms with Crippen LogP contribution in [0.3, 0.4) is 0 Å². The van der Waals surface area contributed by atoms with Gasteiger partial charge in [0.2, 0.25) is 0 Å². The molecule has 1 N–H and O–H groups in total. The number of fused-ring (bicyclic) bond motifs is 1. The summed E-state index contributed by atoms with van der Waals surface area (Å²) in [6.07, 6.45) is 0.416. The van der Waals surface area contributed by atoms with E-state index in [0.717, 1.165) is 39.1 Å². The van der Waals surface area contributed by atoms with E-state index in [1.54, 1.807) is 0 Å². The second kappa shape index (κ2) is 7.49. The van der Waals surface area contributed by atoms with E-state index in [1.165, 1.54) is 0 Å². The fraction of sp³-hybridized carbons (Fsp3) is 0.0435. The number of halogens is 1. The summed E-state index contributed by atoms with van der Waals surface area (Å²) in [5.41, 5.74) is 5.78. The number of hydrogen-bond acceptors (Lipinski definition) is 3. The lowest BCUT2D eigenvalue weighted by Gasteiger charge is -2.13. The molecule has 0 bridgehead atoms. The molecule has 0 aliphatic rings. The van der Waals surface area contributed by atoms with E-state index >= 15 is 0 Å². The van der Waals surface area contributed by atoms with Gasteiger partial charge in [-0.05, 0) is 42.0 Å². The first-order valence-corrected chi connectivity index (χ1v) is 8.99. The number of nitrogens with zero attached hydrogens (tertiary/aromatic N) is 2. The van der Waals surface area contributed by atoms with Gasteiger partial charge in [-0.25, -0.2) is 4.98 Å². The molecule has 0 unspecified atom stereocenters. The van der Waals surface area contributed by atoms with Gasteiger partial charge in [0.15, 0.2) is 0 Å². The van der Waals surface area contributed by atoms with Crippen LogP contribution in [0.2, 0.25) is 5.02 Å². The van der Waals surface area contributed by atoms with Crippen LogP contribution in [0.15, 0.2) is 78.9 Å². The molecule has 0 radical (unpaired) electrons. The molecule has 0 saturated heterocycles. The van der Waals surface area contributed by atoms with Crippen LogP contribution in [0.4, 0.5) is 11.4 Å². The SMILES string of the molecule is N#CCc1ccc(Nc2cc(-c3ccc(Cl)cc3)nc3ccccc23)cc1. The Morgan fingerprint density at radius 1 is 0.926 bits per heavy atom. The van der Waals surface area contributed by atoms with Gasteiger partial charge in [-0.15, -0.1) is 0 Å². The van der Waals surface area contributed by atoms with Crippen LogP contribution in [-0.4, -0.2) is 4.98 Å². The number of rotatable bonds is 4. The van der Waals surface area contributed by atoms with Crippen molar-refractivity contribution < 1.29 is 0 Å². The minimum atomic E-state index is 0.416. The first-order chi connectivity index (χ1) is 13.2. The monoisotopic (exact) mass is 369 g/mol. The number of benzene rings is 3. The van der Waals surface area contributed by atoms with Crippen molar-refractivity contribution in [2.75, 3.05) is 5.32 Å². The van der Waals surface area contributed by atoms with Gasteiger partial charge < -0.3 is 5.32 Å². The molecule has 130 valence electrons. The molecule has 0 aliphatic carbocycles. The molecule has 1 aromatic heterocycles. The summed E-state index contributed by atoms with van der Waals surface area (Å²) in [5, 5.41) is 14.1. The van der Waals surface area contributed by atoms with E-state index in [2.05, 4.69) is 23.5 Å². The Morgan fingerprint density at radius 3 is 2.41 bits per heavy atom. The lowest BCUT2D eigenvalue weighted by Crippen LogP contribution is -1.95. The van der Waals surface area contributed by atoms with Crippen molar-refractivity contribution in [3.05, 3.63) is 89.4 Å². The first kappa shape index (κ1) is 17.1. The van der Waals surface area contributed by atoms with Crippen LogP contribution < -0.4 is 5.32 Å². The molecule has 0 amide bonds. The minimum absolute atomic E-state index is 0.416. The zero-order valence-corrected chi connectivity index (χ0v) is 15.2. The normalized spacial score (nSPS) is 10.5. The molecule has 27 heavy (non-hydrogen) atoms. The van der Waals surface area contributed by atoms with Gasteiger partial charge in [0, 0.05) is 21.7 Å². The highest BCUT2D eigenvalue weighted by molar-refractivity contribution is 6.30. The number of hydrogen-bond donors (Lipinski definition) is 1. The van der Waals surface area contributed by atoms with Gasteiger partial charge >= 0.3 is 0 Å². The number of aromatic nitrogens is 1. The predicted octanol–water partition coefficient (Wildman–Crippen LogP) is 6.36. The zero-order chi connectivity index (χ0) is 18.6. The van der Waals surface area contributed by atoms with Crippen molar-refractivity contribution in [2.45, 2.75) is 6.42 Å². The molecule has 3 aromatic carbocycles. The van der Waals surface area contributed by atoms with Crippen molar-refractivity contribution in [2.24, 2.45) is 0 Å². The Balaban J connectivity index is 1.76. The van der Waals surface area contributed by atoms with Crippen molar-refractivity contribution in [3.8, 4) is 17.3 Å². The summed E-state index contributed by atoms with van der Waals surface area (Å²) < 4.78 is 0. The topological polar surface area (TPSA) is 48.7 Å². The van der Waals surface area contributed by atoms with Gasteiger partial charge in [-0.1, -0.05) is 54.1 Å². The van der Waals surface area contributed by atoms with E-state index in [1.807, 2.05) is 66.7 Å². The molecule has 4 heteroatoms. The lowest BCUT2D eigenvalue weighted by molar-refractivity contribution is 1.26. The Bertz CT molecular complexity index is 1130. The van der Waals surface area contributed by atoms with Gasteiger partial charge in [-0.2, -0.15) is 5.26 Å². The highest BCUT2D eigenvalue weighted by Crippen LogP contribution is 2.31. The second-order valence-corrected chi connectivity index (χ2v) is 6.67. The smallest absolute Gasteiger partial charge is 0.0730 e. The second-order valence-electron chi connectivity index (χ2n) is 6.24. The molecular formula is C23H16ClN3. The van der Waals surface area contributed by atoms with E-state index in [9.17, 15) is 0 Å². The van der Waals surface area contributed by atoms with Crippen LogP contribution in [0.1, 0.15) is 5.56 Å². The fourth-order valence-electron chi connectivity index (χ4n) is 3.00. The highest BCUT2D eigenvalue weighted by Gasteiger charge is 2.08. The third-order valence-electron chi connectivity index (χ3n) is 4.37. The largest absolute Gasteiger partial charge is 0.355 e. The first-order valence-electron chi connectivity index (χ1n) is 8.61. The third-order valence-corrected chi connectivity index (χ3v) is 4.62. The summed E-state index contributed by atoms with van der Waals surface area (Å²) in [6.45, 7) is 0. The summed E-state index contributed by atoms with van der Waals surface area (Å²) in [5.74, 6) is 0. The van der Waals surface area contributed by atoms with E-state index < -0.39 is 0 Å². The predicted molar refractivity (Wildman–Crippen MR) is 111 cm³/mol. The summed E-state index contributed by atoms with van der Waals surface area (Å²) >= 11 is 6.02. The van der Waals surface area contributed by atoms with E-state index in [0.29, 0.717) is 11.4 Å². The maximum atomic E-state index is 8.82. The molecule has 4 aromatic rings. The van der Waals surface area contributed by atoms with Gasteiger partial charge in [-0.3, -0.25) is 0 Å². The number of nitriles is 1. The summed E-state index contributed by atoms with van der Waals surface area (Å²) in [6, 6.07) is 27.9. The molecule has 1 heterocycles. The lowest BCUT2D eigenvalue weighted by atomic mass is 10.1. The van der Waals surface area contributed by atoms with Crippen LogP contribution in [0.5, 0.6) is 0 Å². The Hall–Kier alpha value is -3.35. The van der Waals surface area contributed by atoms with Crippen molar-refractivity contribution in [1.82, 2.24) is 4.98 Å². The minimum Gasteiger partial charge on any atom is -0.355 e. The average Bonchev–Trinajstić information content (AvgIpc) is 2.70. The number of nitrogens with one attached hydrogen (secondary N) is 1. The Kier molecular flexibility index (Phi) is 4.74. The molecule has 0 saturated carbocycles. The van der Waals surface area contributed by atoms with Crippen molar-refractivity contribution in [1.29, 1.82) is 5.26 Å². The van der Waals surface area contributed by atoms with Crippen LogP contribution in [-0.2, 0) is 6.42 Å². The third kappa shape index (κ3) is 3.76. The fourth-order valence-corrected chi connectivity index (χ4v) is 3.13. The number of para-hydroxylation sites is 1. The molecule has 3 nitrogen and oxygen atoms in total. The van der Waals surface area contributed by atoms with Crippen molar-refractivity contribution >= 4 is 33.9 Å². The molecule has 0 spiro atoms. The zero-order valence-electron chi connectivity index (χ0n) is 14.5. The van der Waals surface area contributed by atoms with Gasteiger partial charge in [0.25, 0.3) is 0 Å². The van der Waals surface area contributed by atoms with Gasteiger partial charge in [0.1, 0.15) is 0 Å². The maximum Gasteiger partial charge on any atom is 0.0730 e. The van der Waals surface area contributed by atoms with Crippen LogP contribution in [0.25, 0.3) is 22.2 Å². The standard InChI is InChI=1S/C23H16ClN3/c24-18-9-7-17(8-10-18)22-15-23(20-3-1-2-4-21(20)27-22)26-19-11-5-16(6-12-19)13-14-25/h1-12,15H,13H2,(H,26,27). The van der Waals surface area contributed by atoms with E-state index in [4.69, 9.17) is 21.8 Å². The molecule has 0 atom stereocenters. The summed E-state index contributed by atoms with van der Waals surface area (Å²) in [7, 11) is 0. The quantitative estimate of drug-likeness (QED) is 0.455. The Morgan fingerprint density at radius 2 is 1.67 bits per heavy atom. The number of pyridine rings is 1. The summed E-state index contributed by atoms with van der Waals surface area (Å²) in [4.78, 5) is 4.80. The Labute approximate surface area is 162 Å². The van der Waals surface area contributed by atoms with Gasteiger partial charge in [0.05, 0.1) is 29.4 Å². The van der Waals surface area contributed by atoms with Crippen LogP contribution >= 0.6 is 11.6 Å². The highest BCUT2D eigenvalue weighted by atomic mass is 35.5.